The third kappa shape index (κ3) is 4.59. The zero-order valence-corrected chi connectivity index (χ0v) is 11.6. The third-order valence-electron chi connectivity index (χ3n) is 4.73. The Morgan fingerprint density at radius 3 is 2.59 bits per heavy atom. The summed E-state index contributed by atoms with van der Waals surface area (Å²) in [4.78, 5) is 2.68. The van der Waals surface area contributed by atoms with Gasteiger partial charge in [0.25, 0.3) is 0 Å². The first-order chi connectivity index (χ1) is 8.38. The number of hydrogen-bond donors (Lipinski definition) is 1. The lowest BCUT2D eigenvalue weighted by molar-refractivity contribution is 0.274. The maximum absolute atomic E-state index is 3.73. The fourth-order valence-corrected chi connectivity index (χ4v) is 3.41. The molecule has 0 radical (unpaired) electrons. The average molecular weight is 238 g/mol. The summed E-state index contributed by atoms with van der Waals surface area (Å²) in [6.07, 6.45) is 11.4. The van der Waals surface area contributed by atoms with Gasteiger partial charge in [0.1, 0.15) is 0 Å². The standard InChI is InChI=1S/C15H30N2/c1-2-14-6-5-11-17(12-9-14)13-10-16-15-7-3-4-8-15/h14-16H,2-13H2,1H3. The minimum absolute atomic E-state index is 0.838. The van der Waals surface area contributed by atoms with Crippen LogP contribution in [0, 0.1) is 5.92 Å². The van der Waals surface area contributed by atoms with Crippen molar-refractivity contribution in [3.05, 3.63) is 0 Å². The lowest BCUT2D eigenvalue weighted by Crippen LogP contribution is -2.36. The molecule has 0 aromatic carbocycles. The second kappa shape index (κ2) is 7.38. The molecule has 100 valence electrons. The van der Waals surface area contributed by atoms with Crippen LogP contribution in [0.15, 0.2) is 0 Å². The monoisotopic (exact) mass is 238 g/mol. The van der Waals surface area contributed by atoms with Gasteiger partial charge in [-0.15, -0.1) is 0 Å². The van der Waals surface area contributed by atoms with Gasteiger partial charge in [-0.1, -0.05) is 26.2 Å². The van der Waals surface area contributed by atoms with E-state index < -0.39 is 0 Å². The largest absolute Gasteiger partial charge is 0.313 e. The van der Waals surface area contributed by atoms with Gasteiger partial charge in [0, 0.05) is 19.1 Å². The molecule has 2 heteroatoms. The summed E-state index contributed by atoms with van der Waals surface area (Å²) in [5.41, 5.74) is 0. The van der Waals surface area contributed by atoms with E-state index in [0.29, 0.717) is 0 Å². The molecule has 2 nitrogen and oxygen atoms in total. The van der Waals surface area contributed by atoms with E-state index in [1.54, 1.807) is 0 Å². The van der Waals surface area contributed by atoms with Crippen molar-refractivity contribution in [2.75, 3.05) is 26.2 Å². The molecule has 1 aliphatic heterocycles. The summed E-state index contributed by atoms with van der Waals surface area (Å²) in [6, 6.07) is 0.838. The van der Waals surface area contributed by atoms with Crippen LogP contribution in [0.1, 0.15) is 58.3 Å². The quantitative estimate of drug-likeness (QED) is 0.792. The van der Waals surface area contributed by atoms with Crippen molar-refractivity contribution >= 4 is 0 Å². The number of nitrogens with zero attached hydrogens (tertiary/aromatic N) is 1. The molecule has 0 amide bonds. The van der Waals surface area contributed by atoms with Crippen molar-refractivity contribution in [2.45, 2.75) is 64.3 Å². The fraction of sp³-hybridized carbons (Fsp3) is 1.00. The average Bonchev–Trinajstić information content (AvgIpc) is 2.75. The normalized spacial score (nSPS) is 28.4. The molecule has 1 atom stereocenters. The molecule has 0 aromatic heterocycles. The Bertz CT molecular complexity index is 199. The minimum Gasteiger partial charge on any atom is -0.313 e. The number of rotatable bonds is 5. The zero-order chi connectivity index (χ0) is 11.9. The van der Waals surface area contributed by atoms with Crippen LogP contribution in [0.5, 0.6) is 0 Å². The van der Waals surface area contributed by atoms with E-state index in [0.717, 1.165) is 12.0 Å². The lowest BCUT2D eigenvalue weighted by atomic mass is 9.98. The first kappa shape index (κ1) is 13.4. The minimum atomic E-state index is 0.838. The van der Waals surface area contributed by atoms with Gasteiger partial charge in [0.05, 0.1) is 0 Å². The maximum Gasteiger partial charge on any atom is 0.0107 e. The van der Waals surface area contributed by atoms with Gasteiger partial charge in [-0.05, 0) is 51.1 Å². The van der Waals surface area contributed by atoms with E-state index in [2.05, 4.69) is 17.1 Å². The van der Waals surface area contributed by atoms with Crippen LogP contribution < -0.4 is 5.32 Å². The van der Waals surface area contributed by atoms with Gasteiger partial charge >= 0.3 is 0 Å². The highest BCUT2D eigenvalue weighted by Gasteiger charge is 2.17. The van der Waals surface area contributed by atoms with Crippen LogP contribution in [0.3, 0.4) is 0 Å². The van der Waals surface area contributed by atoms with Crippen LogP contribution in [-0.4, -0.2) is 37.1 Å². The Hall–Kier alpha value is -0.0800. The summed E-state index contributed by atoms with van der Waals surface area (Å²) >= 11 is 0. The molecule has 17 heavy (non-hydrogen) atoms. The van der Waals surface area contributed by atoms with E-state index in [1.165, 1.54) is 77.5 Å². The van der Waals surface area contributed by atoms with Crippen molar-refractivity contribution < 1.29 is 0 Å². The van der Waals surface area contributed by atoms with Crippen LogP contribution in [0.25, 0.3) is 0 Å². The van der Waals surface area contributed by atoms with Gasteiger partial charge in [-0.2, -0.15) is 0 Å². The van der Waals surface area contributed by atoms with E-state index in [-0.39, 0.29) is 0 Å². The first-order valence-corrected chi connectivity index (χ1v) is 7.84. The highest BCUT2D eigenvalue weighted by atomic mass is 15.1. The first-order valence-electron chi connectivity index (χ1n) is 7.84. The molecule has 0 aromatic rings. The molecule has 2 rings (SSSR count). The third-order valence-corrected chi connectivity index (χ3v) is 4.73. The van der Waals surface area contributed by atoms with Crippen LogP contribution >= 0.6 is 0 Å². The second-order valence-electron chi connectivity index (χ2n) is 5.98. The molecular formula is C15H30N2. The van der Waals surface area contributed by atoms with E-state index in [4.69, 9.17) is 0 Å². The van der Waals surface area contributed by atoms with E-state index in [9.17, 15) is 0 Å². The maximum atomic E-state index is 3.73. The SMILES string of the molecule is CCC1CCCN(CCNC2CCCC2)CC1. The van der Waals surface area contributed by atoms with Gasteiger partial charge in [0.15, 0.2) is 0 Å². The van der Waals surface area contributed by atoms with Crippen molar-refractivity contribution in [2.24, 2.45) is 5.92 Å². The predicted molar refractivity (Wildman–Crippen MR) is 74.3 cm³/mol. The van der Waals surface area contributed by atoms with Gasteiger partial charge in [0.2, 0.25) is 0 Å². The van der Waals surface area contributed by atoms with Crippen molar-refractivity contribution in [3.8, 4) is 0 Å². The molecule has 1 saturated heterocycles. The summed E-state index contributed by atoms with van der Waals surface area (Å²) in [7, 11) is 0. The topological polar surface area (TPSA) is 15.3 Å². The Morgan fingerprint density at radius 1 is 1.00 bits per heavy atom. The van der Waals surface area contributed by atoms with Crippen molar-refractivity contribution in [1.82, 2.24) is 10.2 Å². The zero-order valence-electron chi connectivity index (χ0n) is 11.6. The van der Waals surface area contributed by atoms with Crippen molar-refractivity contribution in [3.63, 3.8) is 0 Å². The van der Waals surface area contributed by atoms with Crippen LogP contribution in [-0.2, 0) is 0 Å². The van der Waals surface area contributed by atoms with E-state index in [1.807, 2.05) is 0 Å². The highest BCUT2D eigenvalue weighted by Crippen LogP contribution is 2.20. The van der Waals surface area contributed by atoms with Gasteiger partial charge < -0.3 is 10.2 Å². The predicted octanol–water partition coefficient (Wildman–Crippen LogP) is 3.03. The summed E-state index contributed by atoms with van der Waals surface area (Å²) in [6.45, 7) is 7.50. The van der Waals surface area contributed by atoms with Gasteiger partial charge in [-0.3, -0.25) is 0 Å². The fourth-order valence-electron chi connectivity index (χ4n) is 3.41. The Kier molecular flexibility index (Phi) is 5.79. The molecule has 1 saturated carbocycles. The smallest absolute Gasteiger partial charge is 0.0107 e. The van der Waals surface area contributed by atoms with Crippen LogP contribution in [0.2, 0.25) is 0 Å². The van der Waals surface area contributed by atoms with Crippen LogP contribution in [0.4, 0.5) is 0 Å². The number of likely N-dealkylation sites (tertiary alicyclic amines) is 1. The van der Waals surface area contributed by atoms with Crippen molar-refractivity contribution in [1.29, 1.82) is 0 Å². The molecule has 1 heterocycles. The number of nitrogens with one attached hydrogen (secondary N) is 1. The lowest BCUT2D eigenvalue weighted by Gasteiger charge is -2.21. The Labute approximate surface area is 107 Å². The second-order valence-corrected chi connectivity index (χ2v) is 5.98. The molecule has 1 N–H and O–H groups in total. The Morgan fingerprint density at radius 2 is 1.82 bits per heavy atom. The Balaban J connectivity index is 1.58. The number of hydrogen-bond acceptors (Lipinski definition) is 2. The molecular weight excluding hydrogens is 208 g/mol. The van der Waals surface area contributed by atoms with Gasteiger partial charge in [-0.25, -0.2) is 0 Å². The summed E-state index contributed by atoms with van der Waals surface area (Å²) < 4.78 is 0. The summed E-state index contributed by atoms with van der Waals surface area (Å²) in [5, 5.41) is 3.73. The molecule has 2 fully saturated rings. The molecule has 0 spiro atoms. The highest BCUT2D eigenvalue weighted by molar-refractivity contribution is 4.75. The molecule has 0 bridgehead atoms. The molecule has 1 aliphatic carbocycles. The summed E-state index contributed by atoms with van der Waals surface area (Å²) in [5.74, 6) is 1.00. The molecule has 1 unspecified atom stereocenters. The van der Waals surface area contributed by atoms with E-state index >= 15 is 0 Å². The molecule has 2 aliphatic rings.